The number of para-hydroxylation sites is 1. The van der Waals surface area contributed by atoms with Gasteiger partial charge >= 0.3 is 0 Å². The Bertz CT molecular complexity index is 545. The van der Waals surface area contributed by atoms with E-state index in [1.54, 1.807) is 6.07 Å². The van der Waals surface area contributed by atoms with Gasteiger partial charge in [0.25, 0.3) is 5.91 Å². The number of hydrogen-bond acceptors (Lipinski definition) is 3. The van der Waals surface area contributed by atoms with Gasteiger partial charge in [-0.2, -0.15) is 0 Å². The summed E-state index contributed by atoms with van der Waals surface area (Å²) in [6.45, 7) is 6.17. The summed E-state index contributed by atoms with van der Waals surface area (Å²) in [7, 11) is 0. The summed E-state index contributed by atoms with van der Waals surface area (Å²) >= 11 is 0. The second kappa shape index (κ2) is 5.04. The van der Waals surface area contributed by atoms with E-state index in [4.69, 9.17) is 4.52 Å². The van der Waals surface area contributed by atoms with Crippen LogP contribution in [0.25, 0.3) is 0 Å². The lowest BCUT2D eigenvalue weighted by molar-refractivity contribution is 0.0987. The van der Waals surface area contributed by atoms with Crippen molar-refractivity contribution >= 4 is 11.6 Å². The largest absolute Gasteiger partial charge is 0.351 e. The Morgan fingerprint density at radius 3 is 2.72 bits per heavy atom. The number of amides is 1. The summed E-state index contributed by atoms with van der Waals surface area (Å²) in [6.07, 6.45) is 1.45. The molecule has 0 unspecified atom stereocenters. The fraction of sp³-hybridized carbons (Fsp3) is 0.286. The maximum Gasteiger partial charge on any atom is 0.294 e. The number of carbonyl (C=O) groups excluding carboxylic acids is 1. The summed E-state index contributed by atoms with van der Waals surface area (Å²) in [5, 5.41) is 6.42. The molecule has 1 amide bonds. The van der Waals surface area contributed by atoms with Gasteiger partial charge in [0, 0.05) is 11.8 Å². The van der Waals surface area contributed by atoms with Crippen LogP contribution >= 0.6 is 0 Å². The molecule has 0 spiro atoms. The number of rotatable bonds is 3. The fourth-order valence-corrected chi connectivity index (χ4v) is 1.85. The van der Waals surface area contributed by atoms with Crippen molar-refractivity contribution in [2.24, 2.45) is 0 Å². The zero-order valence-electron chi connectivity index (χ0n) is 10.7. The van der Waals surface area contributed by atoms with Gasteiger partial charge in [-0.3, -0.25) is 4.79 Å². The summed E-state index contributed by atoms with van der Waals surface area (Å²) < 4.78 is 4.85. The van der Waals surface area contributed by atoms with Gasteiger partial charge in [0.05, 0.1) is 6.20 Å². The monoisotopic (exact) mass is 244 g/mol. The second-order valence-corrected chi connectivity index (χ2v) is 4.52. The Hall–Kier alpha value is -2.10. The molecule has 1 aromatic heterocycles. The zero-order chi connectivity index (χ0) is 13.1. The maximum atomic E-state index is 12.0. The number of aromatic nitrogens is 1. The number of aryl methyl sites for hydroxylation is 1. The summed E-state index contributed by atoms with van der Waals surface area (Å²) in [5.74, 6) is 0.284. The van der Waals surface area contributed by atoms with E-state index in [1.807, 2.05) is 25.1 Å². The third-order valence-electron chi connectivity index (χ3n) is 2.83. The van der Waals surface area contributed by atoms with Crippen LogP contribution in [-0.4, -0.2) is 11.1 Å². The van der Waals surface area contributed by atoms with Crippen LogP contribution in [-0.2, 0) is 0 Å². The van der Waals surface area contributed by atoms with E-state index in [0.29, 0.717) is 5.92 Å². The van der Waals surface area contributed by atoms with Gasteiger partial charge < -0.3 is 9.84 Å². The quantitative estimate of drug-likeness (QED) is 0.900. The standard InChI is InChI=1S/C14H16N2O2/c1-9(2)11-6-4-5-10(3)13(11)16-14(17)12-7-8-15-18-12/h4-9H,1-3H3,(H,16,17). The van der Waals surface area contributed by atoms with Crippen LogP contribution < -0.4 is 5.32 Å². The van der Waals surface area contributed by atoms with Crippen molar-refractivity contribution in [2.75, 3.05) is 5.32 Å². The summed E-state index contributed by atoms with van der Waals surface area (Å²) in [4.78, 5) is 12.0. The number of carbonyl (C=O) groups is 1. The van der Waals surface area contributed by atoms with Gasteiger partial charge in [-0.15, -0.1) is 0 Å². The molecule has 0 saturated carbocycles. The third kappa shape index (κ3) is 2.42. The van der Waals surface area contributed by atoms with E-state index in [9.17, 15) is 4.79 Å². The minimum atomic E-state index is -0.274. The minimum absolute atomic E-state index is 0.216. The summed E-state index contributed by atoms with van der Waals surface area (Å²) in [6, 6.07) is 7.53. The average molecular weight is 244 g/mol. The van der Waals surface area contributed by atoms with Crippen molar-refractivity contribution in [3.05, 3.63) is 47.3 Å². The normalized spacial score (nSPS) is 10.7. The van der Waals surface area contributed by atoms with Crippen molar-refractivity contribution < 1.29 is 9.32 Å². The number of nitrogens with one attached hydrogen (secondary N) is 1. The van der Waals surface area contributed by atoms with E-state index < -0.39 is 0 Å². The predicted molar refractivity (Wildman–Crippen MR) is 69.7 cm³/mol. The van der Waals surface area contributed by atoms with Gasteiger partial charge in [-0.25, -0.2) is 0 Å². The second-order valence-electron chi connectivity index (χ2n) is 4.52. The van der Waals surface area contributed by atoms with Gasteiger partial charge in [-0.1, -0.05) is 37.2 Å². The lowest BCUT2D eigenvalue weighted by Gasteiger charge is -2.15. The molecule has 0 bridgehead atoms. The highest BCUT2D eigenvalue weighted by Gasteiger charge is 2.15. The first-order valence-electron chi connectivity index (χ1n) is 5.91. The first-order valence-corrected chi connectivity index (χ1v) is 5.91. The van der Waals surface area contributed by atoms with Crippen LogP contribution in [0.1, 0.15) is 41.4 Å². The SMILES string of the molecule is Cc1cccc(C(C)C)c1NC(=O)c1ccno1. The highest BCUT2D eigenvalue weighted by Crippen LogP contribution is 2.27. The molecule has 0 fully saturated rings. The van der Waals surface area contributed by atoms with Gasteiger partial charge in [0.15, 0.2) is 0 Å². The molecule has 18 heavy (non-hydrogen) atoms. The number of hydrogen-bond donors (Lipinski definition) is 1. The van der Waals surface area contributed by atoms with Crippen molar-refractivity contribution in [1.29, 1.82) is 0 Å². The van der Waals surface area contributed by atoms with Gasteiger partial charge in [0.1, 0.15) is 0 Å². The Labute approximate surface area is 106 Å². The molecule has 0 aliphatic carbocycles. The Kier molecular flexibility index (Phi) is 3.46. The van der Waals surface area contributed by atoms with Gasteiger partial charge in [-0.05, 0) is 24.0 Å². The molecule has 94 valence electrons. The number of benzene rings is 1. The van der Waals surface area contributed by atoms with E-state index in [0.717, 1.165) is 16.8 Å². The first kappa shape index (κ1) is 12.4. The van der Waals surface area contributed by atoms with E-state index in [1.165, 1.54) is 6.20 Å². The predicted octanol–water partition coefficient (Wildman–Crippen LogP) is 3.36. The molecule has 0 saturated heterocycles. The van der Waals surface area contributed by atoms with Crippen molar-refractivity contribution in [2.45, 2.75) is 26.7 Å². The van der Waals surface area contributed by atoms with Crippen LogP contribution in [0, 0.1) is 6.92 Å². The molecule has 1 aromatic carbocycles. The molecule has 4 nitrogen and oxygen atoms in total. The highest BCUT2D eigenvalue weighted by atomic mass is 16.5. The smallest absolute Gasteiger partial charge is 0.294 e. The molecule has 2 aromatic rings. The molecule has 1 N–H and O–H groups in total. The molecular formula is C14H16N2O2. The van der Waals surface area contributed by atoms with E-state index >= 15 is 0 Å². The molecule has 4 heteroatoms. The first-order chi connectivity index (χ1) is 8.59. The number of nitrogens with zero attached hydrogens (tertiary/aromatic N) is 1. The molecular weight excluding hydrogens is 228 g/mol. The molecule has 2 rings (SSSR count). The van der Waals surface area contributed by atoms with Crippen molar-refractivity contribution in [3.8, 4) is 0 Å². The average Bonchev–Trinajstić information content (AvgIpc) is 2.85. The van der Waals surface area contributed by atoms with E-state index in [2.05, 4.69) is 24.3 Å². The van der Waals surface area contributed by atoms with Crippen LogP contribution in [0.5, 0.6) is 0 Å². The molecule has 0 radical (unpaired) electrons. The Morgan fingerprint density at radius 1 is 1.33 bits per heavy atom. The molecule has 1 heterocycles. The lowest BCUT2D eigenvalue weighted by Crippen LogP contribution is -2.14. The molecule has 0 aliphatic rings. The van der Waals surface area contributed by atoms with Crippen LogP contribution in [0.3, 0.4) is 0 Å². The summed E-state index contributed by atoms with van der Waals surface area (Å²) in [5.41, 5.74) is 3.01. The maximum absolute atomic E-state index is 12.0. The van der Waals surface area contributed by atoms with Crippen molar-refractivity contribution in [3.63, 3.8) is 0 Å². The van der Waals surface area contributed by atoms with E-state index in [-0.39, 0.29) is 11.7 Å². The molecule has 0 aliphatic heterocycles. The lowest BCUT2D eigenvalue weighted by atomic mass is 9.98. The molecule has 0 atom stereocenters. The Balaban J connectivity index is 2.31. The van der Waals surface area contributed by atoms with Crippen LogP contribution in [0.2, 0.25) is 0 Å². The third-order valence-corrected chi connectivity index (χ3v) is 2.83. The van der Waals surface area contributed by atoms with Crippen LogP contribution in [0.15, 0.2) is 35.0 Å². The zero-order valence-corrected chi connectivity index (χ0v) is 10.7. The van der Waals surface area contributed by atoms with Crippen LogP contribution in [0.4, 0.5) is 5.69 Å². The fourth-order valence-electron chi connectivity index (χ4n) is 1.85. The highest BCUT2D eigenvalue weighted by molar-refractivity contribution is 6.03. The van der Waals surface area contributed by atoms with Crippen molar-refractivity contribution in [1.82, 2.24) is 5.16 Å². The minimum Gasteiger partial charge on any atom is -0.351 e. The Morgan fingerprint density at radius 2 is 2.11 bits per heavy atom. The number of anilines is 1. The topological polar surface area (TPSA) is 55.1 Å². The van der Waals surface area contributed by atoms with Gasteiger partial charge in [0.2, 0.25) is 5.76 Å².